The first-order chi connectivity index (χ1) is 8.37. The Morgan fingerprint density at radius 1 is 1.24 bits per heavy atom. The highest BCUT2D eigenvalue weighted by atomic mass is 15.3. The fraction of sp³-hybridized carbons (Fsp3) is 0.500. The monoisotopic (exact) mass is 227 g/mol. The lowest BCUT2D eigenvalue weighted by molar-refractivity contribution is 0.189. The van der Waals surface area contributed by atoms with Crippen LogP contribution in [0, 0.1) is 0 Å². The first-order valence-electron chi connectivity index (χ1n) is 6.58. The summed E-state index contributed by atoms with van der Waals surface area (Å²) in [6.07, 6.45) is 8.50. The fourth-order valence-corrected chi connectivity index (χ4v) is 3.60. The zero-order chi connectivity index (χ0) is 11.3. The van der Waals surface area contributed by atoms with E-state index in [9.17, 15) is 0 Å². The maximum Gasteiger partial charge on any atom is 0.0973 e. The molecule has 0 spiro atoms. The molecule has 1 aromatic carbocycles. The highest BCUT2D eigenvalue weighted by Gasteiger charge is 2.43. The van der Waals surface area contributed by atoms with Crippen molar-refractivity contribution in [3.8, 4) is 0 Å². The second-order valence-corrected chi connectivity index (χ2v) is 5.41. The Bertz CT molecular complexity index is 555. The van der Waals surface area contributed by atoms with Crippen LogP contribution < -0.4 is 5.32 Å². The van der Waals surface area contributed by atoms with E-state index < -0.39 is 0 Å². The molecule has 0 radical (unpaired) electrons. The van der Waals surface area contributed by atoms with Crippen LogP contribution in [0.25, 0.3) is 11.0 Å². The maximum atomic E-state index is 4.53. The van der Waals surface area contributed by atoms with E-state index in [1.54, 1.807) is 0 Å². The molecule has 3 heterocycles. The summed E-state index contributed by atoms with van der Waals surface area (Å²) >= 11 is 0. The van der Waals surface area contributed by atoms with E-state index in [0.29, 0.717) is 0 Å². The molecule has 2 aliphatic heterocycles. The Balaban J connectivity index is 1.88. The molecule has 2 saturated heterocycles. The predicted molar refractivity (Wildman–Crippen MR) is 67.7 cm³/mol. The molecule has 17 heavy (non-hydrogen) atoms. The van der Waals surface area contributed by atoms with E-state index >= 15 is 0 Å². The summed E-state index contributed by atoms with van der Waals surface area (Å²) in [4.78, 5) is 4.53. The van der Waals surface area contributed by atoms with Crippen LogP contribution in [-0.2, 0) is 5.66 Å². The standard InChI is InChI=1S/C14H17N3/c1-2-6-13-12(5-1)15-10-17(13)14-8-3-4-11(16-14)7-9-14/h1-2,5-6,10-11,16H,3-4,7-9H2. The number of rotatable bonds is 1. The van der Waals surface area contributed by atoms with Crippen LogP contribution >= 0.6 is 0 Å². The smallest absolute Gasteiger partial charge is 0.0973 e. The van der Waals surface area contributed by atoms with Crippen molar-refractivity contribution in [3.63, 3.8) is 0 Å². The molecule has 2 bridgehead atoms. The summed E-state index contributed by atoms with van der Waals surface area (Å²) in [5.41, 5.74) is 2.53. The van der Waals surface area contributed by atoms with Gasteiger partial charge in [-0.05, 0) is 44.2 Å². The molecule has 2 aliphatic rings. The molecular weight excluding hydrogens is 210 g/mol. The van der Waals surface area contributed by atoms with Crippen LogP contribution in [0.4, 0.5) is 0 Å². The van der Waals surface area contributed by atoms with Gasteiger partial charge in [0, 0.05) is 6.04 Å². The number of imidazole rings is 1. The quantitative estimate of drug-likeness (QED) is 0.811. The number of fused-ring (bicyclic) bond motifs is 3. The van der Waals surface area contributed by atoms with Crippen molar-refractivity contribution in [3.05, 3.63) is 30.6 Å². The summed E-state index contributed by atoms with van der Waals surface area (Å²) in [7, 11) is 0. The van der Waals surface area contributed by atoms with Crippen molar-refractivity contribution in [2.45, 2.75) is 43.8 Å². The lowest BCUT2D eigenvalue weighted by atomic mass is 9.99. The number of benzene rings is 1. The summed E-state index contributed by atoms with van der Waals surface area (Å²) in [6.45, 7) is 0. The second-order valence-electron chi connectivity index (χ2n) is 5.41. The van der Waals surface area contributed by atoms with Crippen LogP contribution in [-0.4, -0.2) is 15.6 Å². The lowest BCUT2D eigenvalue weighted by Crippen LogP contribution is -2.48. The third-order valence-electron chi connectivity index (χ3n) is 4.44. The van der Waals surface area contributed by atoms with Gasteiger partial charge >= 0.3 is 0 Å². The largest absolute Gasteiger partial charge is 0.311 e. The summed E-state index contributed by atoms with van der Waals surface area (Å²) in [5.74, 6) is 0. The number of hydrogen-bond acceptors (Lipinski definition) is 2. The summed E-state index contributed by atoms with van der Waals surface area (Å²) in [6, 6.07) is 9.17. The molecule has 2 fully saturated rings. The topological polar surface area (TPSA) is 29.9 Å². The van der Waals surface area contributed by atoms with Gasteiger partial charge in [0.15, 0.2) is 0 Å². The average Bonchev–Trinajstić information content (AvgIpc) is 2.92. The Labute approximate surface area is 101 Å². The molecule has 1 aromatic heterocycles. The Hall–Kier alpha value is -1.35. The van der Waals surface area contributed by atoms with Gasteiger partial charge in [-0.25, -0.2) is 4.98 Å². The van der Waals surface area contributed by atoms with Crippen molar-refractivity contribution in [1.82, 2.24) is 14.9 Å². The number of aromatic nitrogens is 2. The molecule has 3 nitrogen and oxygen atoms in total. The Morgan fingerprint density at radius 2 is 2.18 bits per heavy atom. The van der Waals surface area contributed by atoms with Gasteiger partial charge in [0.1, 0.15) is 0 Å². The van der Waals surface area contributed by atoms with Gasteiger partial charge in [-0.15, -0.1) is 0 Å². The SMILES string of the molecule is c1ccc2c(c1)ncn2C12CCCC(CC1)N2. The molecule has 2 unspecified atom stereocenters. The van der Waals surface area contributed by atoms with Gasteiger partial charge in [0.05, 0.1) is 23.0 Å². The summed E-state index contributed by atoms with van der Waals surface area (Å²) in [5, 5.41) is 3.82. The predicted octanol–water partition coefficient (Wildman–Crippen LogP) is 2.62. The average molecular weight is 227 g/mol. The van der Waals surface area contributed by atoms with Crippen LogP contribution in [0.15, 0.2) is 30.6 Å². The number of hydrogen-bond donors (Lipinski definition) is 1. The number of nitrogens with one attached hydrogen (secondary N) is 1. The Morgan fingerprint density at radius 3 is 3.18 bits per heavy atom. The zero-order valence-corrected chi connectivity index (χ0v) is 9.89. The van der Waals surface area contributed by atoms with Gasteiger partial charge in [0.25, 0.3) is 0 Å². The van der Waals surface area contributed by atoms with Gasteiger partial charge in [0.2, 0.25) is 0 Å². The second kappa shape index (κ2) is 3.33. The number of piperidine rings is 1. The minimum Gasteiger partial charge on any atom is -0.311 e. The zero-order valence-electron chi connectivity index (χ0n) is 9.89. The number of nitrogens with zero attached hydrogens (tertiary/aromatic N) is 2. The van der Waals surface area contributed by atoms with Crippen molar-refractivity contribution < 1.29 is 0 Å². The first-order valence-corrected chi connectivity index (χ1v) is 6.58. The molecular formula is C14H17N3. The molecule has 0 amide bonds. The van der Waals surface area contributed by atoms with Crippen LogP contribution in [0.3, 0.4) is 0 Å². The van der Waals surface area contributed by atoms with Gasteiger partial charge in [-0.1, -0.05) is 12.1 Å². The normalized spacial score (nSPS) is 32.1. The third-order valence-corrected chi connectivity index (χ3v) is 4.44. The summed E-state index contributed by atoms with van der Waals surface area (Å²) < 4.78 is 2.38. The van der Waals surface area contributed by atoms with E-state index in [-0.39, 0.29) is 5.66 Å². The molecule has 1 N–H and O–H groups in total. The van der Waals surface area contributed by atoms with Gasteiger partial charge in [-0.3, -0.25) is 5.32 Å². The van der Waals surface area contributed by atoms with Crippen molar-refractivity contribution in [1.29, 1.82) is 0 Å². The lowest BCUT2D eigenvalue weighted by Gasteiger charge is -2.36. The van der Waals surface area contributed by atoms with E-state index in [0.717, 1.165) is 11.6 Å². The van der Waals surface area contributed by atoms with Crippen molar-refractivity contribution >= 4 is 11.0 Å². The van der Waals surface area contributed by atoms with E-state index in [2.05, 4.69) is 39.1 Å². The van der Waals surface area contributed by atoms with Crippen LogP contribution in [0.5, 0.6) is 0 Å². The molecule has 0 saturated carbocycles. The van der Waals surface area contributed by atoms with Crippen LogP contribution in [0.1, 0.15) is 32.1 Å². The van der Waals surface area contributed by atoms with Gasteiger partial charge < -0.3 is 4.57 Å². The molecule has 4 rings (SSSR count). The molecule has 3 heteroatoms. The maximum absolute atomic E-state index is 4.53. The third kappa shape index (κ3) is 1.29. The van der Waals surface area contributed by atoms with E-state index in [1.807, 2.05) is 6.33 Å². The van der Waals surface area contributed by atoms with Crippen LogP contribution in [0.2, 0.25) is 0 Å². The molecule has 2 aromatic rings. The highest BCUT2D eigenvalue weighted by Crippen LogP contribution is 2.40. The van der Waals surface area contributed by atoms with E-state index in [4.69, 9.17) is 0 Å². The first kappa shape index (κ1) is 9.66. The number of para-hydroxylation sites is 2. The molecule has 88 valence electrons. The highest BCUT2D eigenvalue weighted by molar-refractivity contribution is 5.75. The van der Waals surface area contributed by atoms with Gasteiger partial charge in [-0.2, -0.15) is 0 Å². The van der Waals surface area contributed by atoms with E-state index in [1.165, 1.54) is 37.6 Å². The fourth-order valence-electron chi connectivity index (χ4n) is 3.60. The minimum absolute atomic E-state index is 0.152. The Kier molecular flexibility index (Phi) is 1.89. The molecule has 2 atom stereocenters. The molecule has 0 aliphatic carbocycles. The minimum atomic E-state index is 0.152. The van der Waals surface area contributed by atoms with Crippen molar-refractivity contribution in [2.24, 2.45) is 0 Å². The van der Waals surface area contributed by atoms with Crippen molar-refractivity contribution in [2.75, 3.05) is 0 Å².